The third kappa shape index (κ3) is 8.42. The Hall–Kier alpha value is -2.80. The molecule has 0 amide bonds. The van der Waals surface area contributed by atoms with E-state index in [2.05, 4.69) is 10.2 Å². The highest BCUT2D eigenvalue weighted by Crippen LogP contribution is 2.13. The largest absolute Gasteiger partial charge is 0.482 e. The summed E-state index contributed by atoms with van der Waals surface area (Å²) in [6.07, 6.45) is 1.45. The van der Waals surface area contributed by atoms with Crippen LogP contribution in [0, 0.1) is 0 Å². The van der Waals surface area contributed by atoms with Gasteiger partial charge < -0.3 is 15.2 Å². The van der Waals surface area contributed by atoms with Crippen molar-refractivity contribution in [3.05, 3.63) is 65.7 Å². The minimum atomic E-state index is -0.395. The Morgan fingerprint density at radius 1 is 1.15 bits per heavy atom. The molecule has 2 N–H and O–H groups in total. The fourth-order valence-corrected chi connectivity index (χ4v) is 2.61. The highest BCUT2D eigenvalue weighted by molar-refractivity contribution is 8.13. The number of carbonyl (C=O) groups is 1. The number of rotatable bonds is 8. The molecule has 7 heteroatoms. The highest BCUT2D eigenvalue weighted by Gasteiger charge is 2.06. The Labute approximate surface area is 163 Å². The quantitative estimate of drug-likeness (QED) is 0.325. The summed E-state index contributed by atoms with van der Waals surface area (Å²) in [6.45, 7) is 3.47. The maximum absolute atomic E-state index is 11.4. The third-order valence-electron chi connectivity index (χ3n) is 3.20. The normalized spacial score (nSPS) is 11.7. The molecule has 142 valence electrons. The third-order valence-corrected chi connectivity index (χ3v) is 4.05. The van der Waals surface area contributed by atoms with Crippen molar-refractivity contribution in [1.82, 2.24) is 0 Å². The topological polar surface area (TPSA) is 86.3 Å². The van der Waals surface area contributed by atoms with Gasteiger partial charge in [-0.2, -0.15) is 5.10 Å². The number of ether oxygens (including phenoxy) is 2. The van der Waals surface area contributed by atoms with Gasteiger partial charge in [-0.1, -0.05) is 42.1 Å². The molecule has 6 nitrogen and oxygen atoms in total. The van der Waals surface area contributed by atoms with Crippen molar-refractivity contribution in [2.45, 2.75) is 25.7 Å². The van der Waals surface area contributed by atoms with Gasteiger partial charge in [-0.3, -0.25) is 0 Å². The number of hydrogen-bond donors (Lipinski definition) is 1. The van der Waals surface area contributed by atoms with Gasteiger partial charge in [-0.05, 0) is 49.2 Å². The van der Waals surface area contributed by atoms with E-state index in [1.54, 1.807) is 32.2 Å². The number of benzene rings is 2. The van der Waals surface area contributed by atoms with Gasteiger partial charge in [-0.15, -0.1) is 5.10 Å². The molecule has 0 spiro atoms. The van der Waals surface area contributed by atoms with Gasteiger partial charge in [0, 0.05) is 5.75 Å². The summed E-state index contributed by atoms with van der Waals surface area (Å²) in [5, 5.41) is 8.37. The predicted molar refractivity (Wildman–Crippen MR) is 110 cm³/mol. The molecular weight excluding hydrogens is 362 g/mol. The standard InChI is InChI=1S/C20H23N3O3S/c1-15(2)26-19(24)13-25-18-10-8-16(9-11-18)12-22-23-20(21)27-14-17-6-4-3-5-7-17/h3-12,15H,13-14H2,1-2H3,(H2,21,23). The van der Waals surface area contributed by atoms with Gasteiger partial charge in [0.05, 0.1) is 12.3 Å². The molecule has 2 aromatic rings. The minimum Gasteiger partial charge on any atom is -0.482 e. The zero-order valence-electron chi connectivity index (χ0n) is 15.4. The van der Waals surface area contributed by atoms with Crippen molar-refractivity contribution in [2.24, 2.45) is 15.9 Å². The van der Waals surface area contributed by atoms with E-state index in [9.17, 15) is 4.79 Å². The first kappa shape index (κ1) is 20.5. The summed E-state index contributed by atoms with van der Waals surface area (Å²) >= 11 is 1.43. The van der Waals surface area contributed by atoms with E-state index in [0.29, 0.717) is 10.9 Å². The van der Waals surface area contributed by atoms with Crippen molar-refractivity contribution in [2.75, 3.05) is 6.61 Å². The summed E-state index contributed by atoms with van der Waals surface area (Å²) in [5.41, 5.74) is 7.87. The molecule has 0 saturated carbocycles. The van der Waals surface area contributed by atoms with Gasteiger partial charge in [0.1, 0.15) is 5.75 Å². The van der Waals surface area contributed by atoms with Crippen LogP contribution in [0.15, 0.2) is 64.8 Å². The second-order valence-electron chi connectivity index (χ2n) is 5.85. The van der Waals surface area contributed by atoms with Gasteiger partial charge in [0.2, 0.25) is 0 Å². The fraction of sp³-hybridized carbons (Fsp3) is 0.250. The summed E-state index contributed by atoms with van der Waals surface area (Å²) in [5.74, 6) is 0.930. The zero-order valence-corrected chi connectivity index (χ0v) is 16.2. The van der Waals surface area contributed by atoms with Crippen LogP contribution in [0.3, 0.4) is 0 Å². The average Bonchev–Trinajstić information content (AvgIpc) is 2.66. The summed E-state index contributed by atoms with van der Waals surface area (Å²) in [6, 6.07) is 17.2. The Morgan fingerprint density at radius 3 is 2.52 bits per heavy atom. The number of thioether (sulfide) groups is 1. The van der Waals surface area contributed by atoms with E-state index < -0.39 is 5.97 Å². The number of amidine groups is 1. The first-order valence-electron chi connectivity index (χ1n) is 8.48. The van der Waals surface area contributed by atoms with E-state index in [1.165, 1.54) is 17.3 Å². The van der Waals surface area contributed by atoms with Crippen LogP contribution in [0.4, 0.5) is 0 Å². The number of nitrogens with two attached hydrogens (primary N) is 1. The molecule has 0 aliphatic heterocycles. The van der Waals surface area contributed by atoms with Crippen LogP contribution in [0.1, 0.15) is 25.0 Å². The molecule has 0 bridgehead atoms. The molecule has 0 heterocycles. The maximum Gasteiger partial charge on any atom is 0.344 e. The Balaban J connectivity index is 1.78. The lowest BCUT2D eigenvalue weighted by Crippen LogP contribution is -2.18. The maximum atomic E-state index is 11.4. The van der Waals surface area contributed by atoms with Gasteiger partial charge >= 0.3 is 5.97 Å². The van der Waals surface area contributed by atoms with Crippen LogP contribution in [-0.4, -0.2) is 30.1 Å². The Morgan fingerprint density at radius 2 is 1.85 bits per heavy atom. The molecule has 0 radical (unpaired) electrons. The van der Waals surface area contributed by atoms with Crippen molar-refractivity contribution in [3.63, 3.8) is 0 Å². The van der Waals surface area contributed by atoms with Crippen LogP contribution in [0.5, 0.6) is 5.75 Å². The molecule has 0 aliphatic carbocycles. The Bertz CT molecular complexity index is 775. The lowest BCUT2D eigenvalue weighted by atomic mass is 10.2. The Kier molecular flexibility index (Phi) is 8.38. The second kappa shape index (κ2) is 11.0. The van der Waals surface area contributed by atoms with E-state index >= 15 is 0 Å². The number of hydrogen-bond acceptors (Lipinski definition) is 6. The molecule has 2 rings (SSSR count). The van der Waals surface area contributed by atoms with Gasteiger partial charge in [0.25, 0.3) is 0 Å². The van der Waals surface area contributed by atoms with E-state index in [-0.39, 0.29) is 12.7 Å². The summed E-state index contributed by atoms with van der Waals surface area (Å²) < 4.78 is 10.4. The monoisotopic (exact) mass is 385 g/mol. The summed E-state index contributed by atoms with van der Waals surface area (Å²) in [7, 11) is 0. The van der Waals surface area contributed by atoms with Crippen LogP contribution < -0.4 is 10.5 Å². The lowest BCUT2D eigenvalue weighted by Gasteiger charge is -2.09. The number of nitrogens with zero attached hydrogens (tertiary/aromatic N) is 2. The van der Waals surface area contributed by atoms with Crippen LogP contribution in [0.25, 0.3) is 0 Å². The molecule has 0 saturated heterocycles. The molecule has 0 aromatic heterocycles. The molecule has 0 unspecified atom stereocenters. The minimum absolute atomic E-state index is 0.120. The van der Waals surface area contributed by atoms with Crippen molar-refractivity contribution in [3.8, 4) is 5.75 Å². The van der Waals surface area contributed by atoms with Crippen molar-refractivity contribution in [1.29, 1.82) is 0 Å². The van der Waals surface area contributed by atoms with Crippen molar-refractivity contribution >= 4 is 29.1 Å². The first-order valence-corrected chi connectivity index (χ1v) is 9.47. The van der Waals surface area contributed by atoms with E-state index in [1.807, 2.05) is 42.5 Å². The summed E-state index contributed by atoms with van der Waals surface area (Å²) in [4.78, 5) is 11.4. The second-order valence-corrected chi connectivity index (χ2v) is 6.85. The first-order chi connectivity index (χ1) is 13.0. The molecular formula is C20H23N3O3S. The SMILES string of the molecule is CC(C)OC(=O)COc1ccc(C=NN=C(N)SCc2ccccc2)cc1. The number of esters is 1. The smallest absolute Gasteiger partial charge is 0.344 e. The highest BCUT2D eigenvalue weighted by atomic mass is 32.2. The fourth-order valence-electron chi connectivity index (χ4n) is 2.00. The number of carbonyl (C=O) groups excluding carboxylic acids is 1. The van der Waals surface area contributed by atoms with E-state index in [4.69, 9.17) is 15.2 Å². The predicted octanol–water partition coefficient (Wildman–Crippen LogP) is 3.60. The van der Waals surface area contributed by atoms with Crippen LogP contribution >= 0.6 is 11.8 Å². The van der Waals surface area contributed by atoms with Crippen LogP contribution in [-0.2, 0) is 15.3 Å². The lowest BCUT2D eigenvalue weighted by molar-refractivity contribution is -0.149. The van der Waals surface area contributed by atoms with Gasteiger partial charge in [-0.25, -0.2) is 4.79 Å². The van der Waals surface area contributed by atoms with Gasteiger partial charge in [0.15, 0.2) is 11.8 Å². The van der Waals surface area contributed by atoms with Crippen LogP contribution in [0.2, 0.25) is 0 Å². The zero-order chi connectivity index (χ0) is 19.5. The molecule has 0 aliphatic rings. The average molecular weight is 385 g/mol. The molecule has 27 heavy (non-hydrogen) atoms. The van der Waals surface area contributed by atoms with Crippen molar-refractivity contribution < 1.29 is 14.3 Å². The molecule has 0 fully saturated rings. The molecule has 2 aromatic carbocycles. The molecule has 0 atom stereocenters. The van der Waals surface area contributed by atoms with E-state index in [0.717, 1.165) is 11.3 Å².